The number of nitrogens with one attached hydrogen (secondary N) is 1. The highest BCUT2D eigenvalue weighted by Gasteiger charge is 2.22. The molecule has 5 heteroatoms. The molecule has 1 N–H and O–H groups in total. The molecular formula is C15H12Cl3NS. The van der Waals surface area contributed by atoms with Crippen molar-refractivity contribution in [2.45, 2.75) is 17.4 Å². The Bertz CT molecular complexity index is 625. The third-order valence-electron chi connectivity index (χ3n) is 3.29. The number of hydrogen-bond acceptors (Lipinski definition) is 2. The topological polar surface area (TPSA) is 12.0 Å². The van der Waals surface area contributed by atoms with Crippen LogP contribution in [0.5, 0.6) is 0 Å². The Balaban J connectivity index is 1.95. The first-order valence-electron chi connectivity index (χ1n) is 6.28. The van der Waals surface area contributed by atoms with Crippen LogP contribution in [-0.2, 0) is 0 Å². The van der Waals surface area contributed by atoms with Gasteiger partial charge in [-0.2, -0.15) is 0 Å². The van der Waals surface area contributed by atoms with Crippen molar-refractivity contribution in [3.63, 3.8) is 0 Å². The number of hydrogen-bond donors (Lipinski definition) is 1. The maximum Gasteiger partial charge on any atom is 0.0723 e. The van der Waals surface area contributed by atoms with Gasteiger partial charge >= 0.3 is 0 Å². The van der Waals surface area contributed by atoms with Crippen molar-refractivity contribution in [3.05, 3.63) is 57.0 Å². The van der Waals surface area contributed by atoms with E-state index in [2.05, 4.69) is 11.4 Å². The summed E-state index contributed by atoms with van der Waals surface area (Å²) in [5.74, 6) is 1.06. The van der Waals surface area contributed by atoms with E-state index >= 15 is 0 Å². The molecule has 1 atom stereocenters. The van der Waals surface area contributed by atoms with Crippen LogP contribution in [0.4, 0.5) is 5.69 Å². The summed E-state index contributed by atoms with van der Waals surface area (Å²) in [6.45, 7) is 0. The first kappa shape index (κ1) is 14.4. The predicted molar refractivity (Wildman–Crippen MR) is 89.6 cm³/mol. The Morgan fingerprint density at radius 1 is 1.05 bits per heavy atom. The van der Waals surface area contributed by atoms with E-state index < -0.39 is 0 Å². The molecule has 0 bridgehead atoms. The zero-order chi connectivity index (χ0) is 14.1. The molecule has 20 heavy (non-hydrogen) atoms. The summed E-state index contributed by atoms with van der Waals surface area (Å²) in [5, 5.41) is 5.49. The normalized spacial score (nSPS) is 17.6. The molecule has 0 spiro atoms. The van der Waals surface area contributed by atoms with Gasteiger partial charge < -0.3 is 5.32 Å². The van der Waals surface area contributed by atoms with E-state index in [0.29, 0.717) is 10.0 Å². The fraction of sp³-hybridized carbons (Fsp3) is 0.200. The molecule has 1 heterocycles. The predicted octanol–water partition coefficient (Wildman–Crippen LogP) is 6.30. The van der Waals surface area contributed by atoms with E-state index in [-0.39, 0.29) is 6.04 Å². The molecule has 104 valence electrons. The quantitative estimate of drug-likeness (QED) is 0.686. The van der Waals surface area contributed by atoms with Crippen LogP contribution in [0, 0.1) is 0 Å². The fourth-order valence-corrected chi connectivity index (χ4v) is 4.12. The summed E-state index contributed by atoms with van der Waals surface area (Å²) in [5.41, 5.74) is 2.00. The molecule has 0 radical (unpaired) electrons. The van der Waals surface area contributed by atoms with Gasteiger partial charge in [0.1, 0.15) is 0 Å². The highest BCUT2D eigenvalue weighted by atomic mass is 35.5. The van der Waals surface area contributed by atoms with Crippen LogP contribution >= 0.6 is 46.6 Å². The molecule has 0 aromatic heterocycles. The monoisotopic (exact) mass is 343 g/mol. The molecule has 0 fully saturated rings. The molecule has 1 aliphatic heterocycles. The van der Waals surface area contributed by atoms with Crippen LogP contribution in [0.25, 0.3) is 0 Å². The number of fused-ring (bicyclic) bond motifs is 1. The second-order valence-corrected chi connectivity index (χ2v) is 7.00. The fourth-order valence-electron chi connectivity index (χ4n) is 2.33. The van der Waals surface area contributed by atoms with Gasteiger partial charge in [0.05, 0.1) is 21.8 Å². The number of thioether (sulfide) groups is 1. The zero-order valence-electron chi connectivity index (χ0n) is 10.5. The number of halogens is 3. The average Bonchev–Trinajstić information content (AvgIpc) is 2.43. The lowest BCUT2D eigenvalue weighted by Gasteiger charge is -2.27. The Morgan fingerprint density at radius 3 is 2.55 bits per heavy atom. The number of anilines is 1. The van der Waals surface area contributed by atoms with Crippen molar-refractivity contribution in [3.8, 4) is 0 Å². The Labute approximate surface area is 137 Å². The van der Waals surface area contributed by atoms with Gasteiger partial charge in [0, 0.05) is 15.7 Å². The minimum atomic E-state index is 0.183. The van der Waals surface area contributed by atoms with Gasteiger partial charge in [0.2, 0.25) is 0 Å². The summed E-state index contributed by atoms with van der Waals surface area (Å²) in [4.78, 5) is 1.27. The molecular weight excluding hydrogens is 333 g/mol. The van der Waals surface area contributed by atoms with Crippen LogP contribution in [0.2, 0.25) is 15.1 Å². The van der Waals surface area contributed by atoms with Gasteiger partial charge in [-0.25, -0.2) is 0 Å². The minimum absolute atomic E-state index is 0.183. The van der Waals surface area contributed by atoms with Gasteiger partial charge in [-0.3, -0.25) is 0 Å². The molecule has 1 aliphatic rings. The maximum absolute atomic E-state index is 6.23. The minimum Gasteiger partial charge on any atom is -0.376 e. The smallest absolute Gasteiger partial charge is 0.0723 e. The number of benzene rings is 2. The van der Waals surface area contributed by atoms with Gasteiger partial charge in [-0.05, 0) is 42.3 Å². The molecule has 1 unspecified atom stereocenters. The van der Waals surface area contributed by atoms with Crippen molar-refractivity contribution in [1.29, 1.82) is 0 Å². The van der Waals surface area contributed by atoms with E-state index in [1.54, 1.807) is 0 Å². The summed E-state index contributed by atoms with van der Waals surface area (Å²) in [6, 6.07) is 11.7. The maximum atomic E-state index is 6.23. The summed E-state index contributed by atoms with van der Waals surface area (Å²) >= 11 is 20.4. The van der Waals surface area contributed by atoms with E-state index in [1.165, 1.54) is 10.5 Å². The van der Waals surface area contributed by atoms with Gasteiger partial charge in [-0.15, -0.1) is 11.8 Å². The van der Waals surface area contributed by atoms with E-state index in [1.807, 2.05) is 42.1 Å². The summed E-state index contributed by atoms with van der Waals surface area (Å²) < 4.78 is 0. The van der Waals surface area contributed by atoms with Crippen molar-refractivity contribution in [2.75, 3.05) is 11.1 Å². The highest BCUT2D eigenvalue weighted by Crippen LogP contribution is 2.41. The Kier molecular flexibility index (Phi) is 4.37. The summed E-state index contributed by atoms with van der Waals surface area (Å²) in [6.07, 6.45) is 1.01. The Hall–Kier alpha value is -0.540. The van der Waals surface area contributed by atoms with Crippen molar-refractivity contribution >= 4 is 52.3 Å². The molecule has 0 saturated carbocycles. The first-order chi connectivity index (χ1) is 9.65. The second kappa shape index (κ2) is 6.07. The lowest BCUT2D eigenvalue weighted by atomic mass is 10.0. The van der Waals surface area contributed by atoms with Crippen molar-refractivity contribution in [1.82, 2.24) is 0 Å². The molecule has 3 rings (SSSR count). The zero-order valence-corrected chi connectivity index (χ0v) is 13.6. The Morgan fingerprint density at radius 2 is 1.80 bits per heavy atom. The molecule has 1 nitrogen and oxygen atoms in total. The standard InChI is InChI=1S/C15H12Cl3NS/c16-9-4-5-14-10(8-9)13(6-7-20-14)19-15-11(17)2-1-3-12(15)18/h1-5,8,13,19H,6-7H2. The molecule has 2 aromatic carbocycles. The lowest BCUT2D eigenvalue weighted by Crippen LogP contribution is -2.16. The molecule has 0 amide bonds. The largest absolute Gasteiger partial charge is 0.376 e. The van der Waals surface area contributed by atoms with Gasteiger partial charge in [0.25, 0.3) is 0 Å². The molecule has 2 aromatic rings. The van der Waals surface area contributed by atoms with Crippen LogP contribution in [-0.4, -0.2) is 5.75 Å². The average molecular weight is 345 g/mol. The van der Waals surface area contributed by atoms with Crippen LogP contribution in [0.1, 0.15) is 18.0 Å². The lowest BCUT2D eigenvalue weighted by molar-refractivity contribution is 0.729. The van der Waals surface area contributed by atoms with Crippen molar-refractivity contribution < 1.29 is 0 Å². The molecule has 0 saturated heterocycles. The van der Waals surface area contributed by atoms with E-state index in [0.717, 1.165) is 22.9 Å². The van der Waals surface area contributed by atoms with Crippen LogP contribution < -0.4 is 5.32 Å². The van der Waals surface area contributed by atoms with Gasteiger partial charge in [0.15, 0.2) is 0 Å². The molecule has 0 aliphatic carbocycles. The van der Waals surface area contributed by atoms with E-state index in [4.69, 9.17) is 34.8 Å². The van der Waals surface area contributed by atoms with Gasteiger partial charge in [-0.1, -0.05) is 40.9 Å². The number of para-hydroxylation sites is 1. The third kappa shape index (κ3) is 2.89. The van der Waals surface area contributed by atoms with Crippen LogP contribution in [0.15, 0.2) is 41.3 Å². The first-order valence-corrected chi connectivity index (χ1v) is 8.40. The third-order valence-corrected chi connectivity index (χ3v) is 5.28. The second-order valence-electron chi connectivity index (χ2n) is 4.61. The van der Waals surface area contributed by atoms with Crippen molar-refractivity contribution in [2.24, 2.45) is 0 Å². The number of rotatable bonds is 2. The van der Waals surface area contributed by atoms with Crippen LogP contribution in [0.3, 0.4) is 0 Å². The SMILES string of the molecule is Clc1ccc2c(c1)C(Nc1c(Cl)cccc1Cl)CCS2. The summed E-state index contributed by atoms with van der Waals surface area (Å²) in [7, 11) is 0. The highest BCUT2D eigenvalue weighted by molar-refractivity contribution is 7.99. The van der Waals surface area contributed by atoms with E-state index in [9.17, 15) is 0 Å².